The summed E-state index contributed by atoms with van der Waals surface area (Å²) in [6, 6.07) is 7.15. The van der Waals surface area contributed by atoms with Gasteiger partial charge >= 0.3 is 5.97 Å². The molecule has 1 N–H and O–H groups in total. The van der Waals surface area contributed by atoms with Crippen molar-refractivity contribution in [3.63, 3.8) is 0 Å². The molecule has 106 valence electrons. The molecule has 2 rings (SSSR count). The van der Waals surface area contributed by atoms with Crippen LogP contribution in [0.2, 0.25) is 0 Å². The zero-order valence-electron chi connectivity index (χ0n) is 12.2. The summed E-state index contributed by atoms with van der Waals surface area (Å²) in [6.07, 6.45) is 1.89. The highest BCUT2D eigenvalue weighted by molar-refractivity contribution is 5.80. The minimum atomic E-state index is -0.781. The predicted molar refractivity (Wildman–Crippen MR) is 77.7 cm³/mol. The fraction of sp³-hybridized carbons (Fsp3) is 0.500. The van der Waals surface area contributed by atoms with E-state index in [0.717, 1.165) is 30.6 Å². The fourth-order valence-corrected chi connectivity index (χ4v) is 3.09. The molecule has 20 heavy (non-hydrogen) atoms. The molecule has 1 aliphatic rings. The highest BCUT2D eigenvalue weighted by Crippen LogP contribution is 2.38. The molecule has 0 spiro atoms. The third-order valence-electron chi connectivity index (χ3n) is 4.17. The van der Waals surface area contributed by atoms with Crippen LogP contribution < -0.4 is 4.90 Å². The number of hydrogen-bond acceptors (Lipinski definition) is 3. The molecule has 4 nitrogen and oxygen atoms in total. The van der Waals surface area contributed by atoms with Crippen LogP contribution in [0.1, 0.15) is 37.8 Å². The summed E-state index contributed by atoms with van der Waals surface area (Å²) >= 11 is 0. The van der Waals surface area contributed by atoms with E-state index in [1.807, 2.05) is 37.8 Å². The average molecular weight is 272 g/mol. The van der Waals surface area contributed by atoms with Gasteiger partial charge in [0.25, 0.3) is 0 Å². The second kappa shape index (κ2) is 5.16. The molecule has 0 saturated carbocycles. The van der Waals surface area contributed by atoms with Gasteiger partial charge in [-0.15, -0.1) is 0 Å². The van der Waals surface area contributed by atoms with Crippen molar-refractivity contribution in [2.75, 3.05) is 11.4 Å². The van der Waals surface area contributed by atoms with Gasteiger partial charge in [-0.25, -0.2) is 4.79 Å². The number of anilines is 1. The van der Waals surface area contributed by atoms with E-state index in [2.05, 4.69) is 6.07 Å². The molecule has 0 aliphatic carbocycles. The second-order valence-electron chi connectivity index (χ2n) is 6.14. The first kappa shape index (κ1) is 14.4. The number of rotatable bonds is 2. The monoisotopic (exact) mass is 272 g/mol. The number of carboxylic acid groups (broad SMARTS) is 1. The van der Waals surface area contributed by atoms with Gasteiger partial charge in [0.2, 0.25) is 0 Å². The van der Waals surface area contributed by atoms with E-state index in [0.29, 0.717) is 5.56 Å². The van der Waals surface area contributed by atoms with Crippen LogP contribution in [-0.2, 0) is 4.79 Å². The van der Waals surface area contributed by atoms with Crippen molar-refractivity contribution in [3.05, 3.63) is 29.3 Å². The smallest absolute Gasteiger partial charge is 0.326 e. The number of nitriles is 1. The Morgan fingerprint density at radius 1 is 1.50 bits per heavy atom. The van der Waals surface area contributed by atoms with Crippen LogP contribution in [0.3, 0.4) is 0 Å². The lowest BCUT2D eigenvalue weighted by atomic mass is 9.76. The van der Waals surface area contributed by atoms with Gasteiger partial charge in [0.05, 0.1) is 11.6 Å². The first-order valence-corrected chi connectivity index (χ1v) is 6.87. The van der Waals surface area contributed by atoms with E-state index in [1.54, 1.807) is 6.07 Å². The molecular weight excluding hydrogens is 252 g/mol. The van der Waals surface area contributed by atoms with E-state index in [-0.39, 0.29) is 5.41 Å². The lowest BCUT2D eigenvalue weighted by molar-refractivity contribution is -0.142. The Bertz CT molecular complexity index is 572. The van der Waals surface area contributed by atoms with E-state index >= 15 is 0 Å². The molecule has 4 heteroatoms. The van der Waals surface area contributed by atoms with Crippen LogP contribution in [0.15, 0.2) is 18.2 Å². The standard InChI is InChI=1S/C16H20N2O2/c1-11-9-13(6-5-12(11)10-17)18-8-4-7-16(2,3)14(18)15(19)20/h5-6,9,14H,4,7-8H2,1-3H3,(H,19,20). The van der Waals surface area contributed by atoms with Gasteiger partial charge in [-0.05, 0) is 48.9 Å². The molecule has 1 fully saturated rings. The van der Waals surface area contributed by atoms with Gasteiger partial charge in [0.1, 0.15) is 6.04 Å². The summed E-state index contributed by atoms with van der Waals surface area (Å²) < 4.78 is 0. The van der Waals surface area contributed by atoms with Crippen LogP contribution in [-0.4, -0.2) is 23.7 Å². The molecule has 0 radical (unpaired) electrons. The van der Waals surface area contributed by atoms with Gasteiger partial charge in [0.15, 0.2) is 0 Å². The molecule has 0 aromatic heterocycles. The Balaban J connectivity index is 2.42. The highest BCUT2D eigenvalue weighted by atomic mass is 16.4. The number of nitrogens with zero attached hydrogens (tertiary/aromatic N) is 2. The van der Waals surface area contributed by atoms with Crippen molar-refractivity contribution >= 4 is 11.7 Å². The largest absolute Gasteiger partial charge is 0.480 e. The average Bonchev–Trinajstić information content (AvgIpc) is 2.36. The molecule has 0 amide bonds. The Kier molecular flexibility index (Phi) is 3.71. The first-order valence-electron chi connectivity index (χ1n) is 6.87. The van der Waals surface area contributed by atoms with Gasteiger partial charge in [-0.3, -0.25) is 0 Å². The van der Waals surface area contributed by atoms with E-state index in [1.165, 1.54) is 0 Å². The minimum Gasteiger partial charge on any atom is -0.480 e. The SMILES string of the molecule is Cc1cc(N2CCCC(C)(C)C2C(=O)O)ccc1C#N. The Labute approximate surface area is 119 Å². The number of hydrogen-bond donors (Lipinski definition) is 1. The maximum Gasteiger partial charge on any atom is 0.326 e. The van der Waals surface area contributed by atoms with Gasteiger partial charge in [0, 0.05) is 12.2 Å². The number of aryl methyl sites for hydroxylation is 1. The lowest BCUT2D eigenvalue weighted by Crippen LogP contribution is -2.54. The third-order valence-corrected chi connectivity index (χ3v) is 4.17. The molecule has 1 heterocycles. The highest BCUT2D eigenvalue weighted by Gasteiger charge is 2.42. The van der Waals surface area contributed by atoms with Gasteiger partial charge < -0.3 is 10.0 Å². The van der Waals surface area contributed by atoms with Crippen LogP contribution in [0.4, 0.5) is 5.69 Å². The third kappa shape index (κ3) is 2.49. The van der Waals surface area contributed by atoms with E-state index in [4.69, 9.17) is 5.26 Å². The van der Waals surface area contributed by atoms with Crippen LogP contribution in [0, 0.1) is 23.7 Å². The molecule has 1 aliphatic heterocycles. The summed E-state index contributed by atoms with van der Waals surface area (Å²) in [4.78, 5) is 13.6. The number of carboxylic acids is 1. The van der Waals surface area contributed by atoms with Crippen molar-refractivity contribution < 1.29 is 9.90 Å². The topological polar surface area (TPSA) is 64.3 Å². The van der Waals surface area contributed by atoms with Crippen LogP contribution >= 0.6 is 0 Å². The van der Waals surface area contributed by atoms with Gasteiger partial charge in [-0.1, -0.05) is 13.8 Å². The van der Waals surface area contributed by atoms with Gasteiger partial charge in [-0.2, -0.15) is 5.26 Å². The Hall–Kier alpha value is -2.02. The predicted octanol–water partition coefficient (Wildman–Crippen LogP) is 2.95. The van der Waals surface area contributed by atoms with E-state index in [9.17, 15) is 9.90 Å². The minimum absolute atomic E-state index is 0.258. The molecule has 0 bridgehead atoms. The number of piperidine rings is 1. The summed E-state index contributed by atoms with van der Waals surface area (Å²) in [5.41, 5.74) is 2.15. The summed E-state index contributed by atoms with van der Waals surface area (Å²) in [5.74, 6) is -0.781. The number of benzene rings is 1. The van der Waals surface area contributed by atoms with Crippen molar-refractivity contribution in [1.29, 1.82) is 5.26 Å². The van der Waals surface area contributed by atoms with E-state index < -0.39 is 12.0 Å². The lowest BCUT2D eigenvalue weighted by Gasteiger charge is -2.45. The Morgan fingerprint density at radius 2 is 2.20 bits per heavy atom. The molecule has 1 atom stereocenters. The van der Waals surface area contributed by atoms with Crippen LogP contribution in [0.5, 0.6) is 0 Å². The molecule has 1 aromatic rings. The molecular formula is C16H20N2O2. The summed E-state index contributed by atoms with van der Waals surface area (Å²) in [6.45, 7) is 6.64. The summed E-state index contributed by atoms with van der Waals surface area (Å²) in [7, 11) is 0. The van der Waals surface area contributed by atoms with Crippen molar-refractivity contribution in [1.82, 2.24) is 0 Å². The molecule has 1 unspecified atom stereocenters. The molecule has 1 aromatic carbocycles. The summed E-state index contributed by atoms with van der Waals surface area (Å²) in [5, 5.41) is 18.6. The van der Waals surface area contributed by atoms with Crippen molar-refractivity contribution in [2.45, 2.75) is 39.7 Å². The number of carbonyl (C=O) groups is 1. The zero-order valence-corrected chi connectivity index (χ0v) is 12.2. The maximum atomic E-state index is 11.7. The normalized spacial score (nSPS) is 21.3. The Morgan fingerprint density at radius 3 is 2.75 bits per heavy atom. The van der Waals surface area contributed by atoms with Crippen molar-refractivity contribution in [3.8, 4) is 6.07 Å². The maximum absolute atomic E-state index is 11.7. The fourth-order valence-electron chi connectivity index (χ4n) is 3.09. The van der Waals surface area contributed by atoms with Crippen LogP contribution in [0.25, 0.3) is 0 Å². The zero-order chi connectivity index (χ0) is 14.9. The van der Waals surface area contributed by atoms with Crippen molar-refractivity contribution in [2.24, 2.45) is 5.41 Å². The quantitative estimate of drug-likeness (QED) is 0.899. The first-order chi connectivity index (χ1) is 9.36. The second-order valence-corrected chi connectivity index (χ2v) is 6.14. The molecule has 1 saturated heterocycles. The number of aliphatic carboxylic acids is 1.